The summed E-state index contributed by atoms with van der Waals surface area (Å²) < 4.78 is 12.9. The second kappa shape index (κ2) is 9.39. The molecule has 0 radical (unpaired) electrons. The molecule has 0 N–H and O–H groups in total. The van der Waals surface area contributed by atoms with Crippen LogP contribution >= 0.6 is 0 Å². The Kier molecular flexibility index (Phi) is 5.99. The standard InChI is InChI=1S/C27H25N3O4/c1-2-29(18-20-11-8-14-23-25(20)34-16-15-33-23)27(32)24-21-12-6-7-13-22(21)26(31)30(28-24)17-19-9-4-3-5-10-19/h3-14H,2,15-18H2,1H3. The van der Waals surface area contributed by atoms with Crippen LogP contribution in [0.4, 0.5) is 0 Å². The van der Waals surface area contributed by atoms with Gasteiger partial charge in [0.1, 0.15) is 13.2 Å². The summed E-state index contributed by atoms with van der Waals surface area (Å²) in [6.45, 7) is 4.00. The number of nitrogens with zero attached hydrogens (tertiary/aromatic N) is 3. The molecule has 1 amide bonds. The normalized spacial score (nSPS) is 12.5. The zero-order valence-electron chi connectivity index (χ0n) is 18.9. The molecule has 34 heavy (non-hydrogen) atoms. The maximum Gasteiger partial charge on any atom is 0.275 e. The van der Waals surface area contributed by atoms with Crippen molar-refractivity contribution in [3.63, 3.8) is 0 Å². The van der Waals surface area contributed by atoms with Gasteiger partial charge < -0.3 is 14.4 Å². The van der Waals surface area contributed by atoms with Crippen molar-refractivity contribution in [2.24, 2.45) is 0 Å². The number of hydrogen-bond donors (Lipinski definition) is 0. The fraction of sp³-hybridized carbons (Fsp3) is 0.222. The number of hydrogen-bond acceptors (Lipinski definition) is 5. The maximum atomic E-state index is 13.8. The van der Waals surface area contributed by atoms with Crippen molar-refractivity contribution < 1.29 is 14.3 Å². The summed E-state index contributed by atoms with van der Waals surface area (Å²) in [7, 11) is 0. The van der Waals surface area contributed by atoms with Crippen LogP contribution in [0.2, 0.25) is 0 Å². The Morgan fingerprint density at radius 1 is 0.941 bits per heavy atom. The van der Waals surface area contributed by atoms with Gasteiger partial charge in [-0.25, -0.2) is 4.68 Å². The number of amides is 1. The van der Waals surface area contributed by atoms with Crippen molar-refractivity contribution in [1.82, 2.24) is 14.7 Å². The van der Waals surface area contributed by atoms with Crippen molar-refractivity contribution in [2.45, 2.75) is 20.0 Å². The first kappa shape index (κ1) is 21.7. The first-order valence-corrected chi connectivity index (χ1v) is 11.4. The minimum atomic E-state index is -0.241. The number of carbonyl (C=O) groups excluding carboxylic acids is 1. The first-order valence-electron chi connectivity index (χ1n) is 11.4. The molecular weight excluding hydrogens is 430 g/mol. The summed E-state index contributed by atoms with van der Waals surface area (Å²) in [5, 5.41) is 5.58. The fourth-order valence-corrected chi connectivity index (χ4v) is 4.20. The van der Waals surface area contributed by atoms with Crippen molar-refractivity contribution >= 4 is 16.7 Å². The zero-order valence-corrected chi connectivity index (χ0v) is 18.9. The summed E-state index contributed by atoms with van der Waals surface area (Å²) in [6.07, 6.45) is 0. The summed E-state index contributed by atoms with van der Waals surface area (Å²) >= 11 is 0. The van der Waals surface area contributed by atoms with Gasteiger partial charge in [0.25, 0.3) is 11.5 Å². The van der Waals surface area contributed by atoms with Crippen LogP contribution in [0.3, 0.4) is 0 Å². The van der Waals surface area contributed by atoms with E-state index in [1.165, 1.54) is 4.68 Å². The molecule has 0 aliphatic carbocycles. The van der Waals surface area contributed by atoms with E-state index < -0.39 is 0 Å². The highest BCUT2D eigenvalue weighted by Gasteiger charge is 2.24. The third-order valence-corrected chi connectivity index (χ3v) is 5.92. The molecule has 3 aromatic carbocycles. The van der Waals surface area contributed by atoms with Crippen LogP contribution in [0.5, 0.6) is 11.5 Å². The first-order chi connectivity index (χ1) is 16.7. The van der Waals surface area contributed by atoms with Crippen LogP contribution in [0, 0.1) is 0 Å². The molecular formula is C27H25N3O4. The second-order valence-corrected chi connectivity index (χ2v) is 8.10. The number of rotatable bonds is 6. The van der Waals surface area contributed by atoms with Crippen LogP contribution in [-0.4, -0.2) is 40.3 Å². The Hall–Kier alpha value is -4.13. The molecule has 1 aromatic heterocycles. The highest BCUT2D eigenvalue weighted by molar-refractivity contribution is 6.04. The largest absolute Gasteiger partial charge is 0.486 e. The third kappa shape index (κ3) is 4.12. The van der Waals surface area contributed by atoms with E-state index in [0.29, 0.717) is 48.6 Å². The van der Waals surface area contributed by atoms with Gasteiger partial charge in [0, 0.05) is 24.0 Å². The van der Waals surface area contributed by atoms with Gasteiger partial charge in [-0.2, -0.15) is 5.10 Å². The Morgan fingerprint density at radius 2 is 1.68 bits per heavy atom. The topological polar surface area (TPSA) is 73.7 Å². The zero-order chi connectivity index (χ0) is 23.5. The molecule has 0 atom stereocenters. The van der Waals surface area contributed by atoms with Crippen molar-refractivity contribution in [2.75, 3.05) is 19.8 Å². The number of ether oxygens (including phenoxy) is 2. The smallest absolute Gasteiger partial charge is 0.275 e. The van der Waals surface area contributed by atoms with Gasteiger partial charge in [-0.1, -0.05) is 60.7 Å². The van der Waals surface area contributed by atoms with E-state index in [1.807, 2.05) is 61.5 Å². The predicted molar refractivity (Wildman–Crippen MR) is 129 cm³/mol. The van der Waals surface area contributed by atoms with Gasteiger partial charge in [-0.3, -0.25) is 9.59 Å². The van der Waals surface area contributed by atoms with Crippen LogP contribution in [0.25, 0.3) is 10.8 Å². The Bertz CT molecular complexity index is 1400. The van der Waals surface area contributed by atoms with Crippen LogP contribution < -0.4 is 15.0 Å². The van der Waals surface area contributed by atoms with E-state index in [9.17, 15) is 9.59 Å². The lowest BCUT2D eigenvalue weighted by Crippen LogP contribution is -2.34. The molecule has 0 unspecified atom stereocenters. The van der Waals surface area contributed by atoms with E-state index in [2.05, 4.69) is 5.10 Å². The maximum absolute atomic E-state index is 13.8. The average Bonchev–Trinajstić information content (AvgIpc) is 2.89. The Morgan fingerprint density at radius 3 is 2.47 bits per heavy atom. The second-order valence-electron chi connectivity index (χ2n) is 8.10. The summed E-state index contributed by atoms with van der Waals surface area (Å²) in [5.74, 6) is 1.12. The summed E-state index contributed by atoms with van der Waals surface area (Å²) in [4.78, 5) is 28.6. The average molecular weight is 456 g/mol. The van der Waals surface area contributed by atoms with E-state index in [-0.39, 0.29) is 23.7 Å². The number of carbonyl (C=O) groups is 1. The lowest BCUT2D eigenvalue weighted by Gasteiger charge is -2.25. The Balaban J connectivity index is 1.54. The third-order valence-electron chi connectivity index (χ3n) is 5.92. The number of benzene rings is 3. The van der Waals surface area contributed by atoms with Gasteiger partial charge in [-0.05, 0) is 24.6 Å². The quantitative estimate of drug-likeness (QED) is 0.441. The monoisotopic (exact) mass is 455 g/mol. The molecule has 0 spiro atoms. The van der Waals surface area contributed by atoms with Crippen molar-refractivity contribution in [3.8, 4) is 11.5 Å². The summed E-state index contributed by atoms with van der Waals surface area (Å²) in [5.41, 5.74) is 1.84. The fourth-order valence-electron chi connectivity index (χ4n) is 4.20. The predicted octanol–water partition coefficient (Wildman–Crippen LogP) is 3.88. The van der Waals surface area contributed by atoms with E-state index >= 15 is 0 Å². The summed E-state index contributed by atoms with van der Waals surface area (Å²) in [6, 6.07) is 22.5. The van der Waals surface area contributed by atoms with Crippen molar-refractivity contribution in [1.29, 1.82) is 0 Å². The molecule has 172 valence electrons. The van der Waals surface area contributed by atoms with E-state index in [1.54, 1.807) is 23.1 Å². The van der Waals surface area contributed by atoms with Gasteiger partial charge >= 0.3 is 0 Å². The minimum Gasteiger partial charge on any atom is -0.486 e. The number of para-hydroxylation sites is 1. The molecule has 1 aliphatic rings. The molecule has 2 heterocycles. The van der Waals surface area contributed by atoms with Gasteiger partial charge in [0.2, 0.25) is 0 Å². The number of aromatic nitrogens is 2. The molecule has 1 aliphatic heterocycles. The molecule has 0 saturated carbocycles. The molecule has 5 rings (SSSR count). The number of fused-ring (bicyclic) bond motifs is 2. The SMILES string of the molecule is CCN(Cc1cccc2c1OCCO2)C(=O)c1nn(Cc2ccccc2)c(=O)c2ccccc12. The van der Waals surface area contributed by atoms with Gasteiger partial charge in [-0.15, -0.1) is 0 Å². The lowest BCUT2D eigenvalue weighted by atomic mass is 10.1. The molecule has 0 fully saturated rings. The Labute approximate surface area is 197 Å². The van der Waals surface area contributed by atoms with Crippen LogP contribution in [-0.2, 0) is 13.1 Å². The van der Waals surface area contributed by atoms with Gasteiger partial charge in [0.15, 0.2) is 17.2 Å². The van der Waals surface area contributed by atoms with Crippen LogP contribution in [0.15, 0.2) is 77.6 Å². The molecule has 7 heteroatoms. The highest BCUT2D eigenvalue weighted by Crippen LogP contribution is 2.34. The lowest BCUT2D eigenvalue weighted by molar-refractivity contribution is 0.0742. The van der Waals surface area contributed by atoms with Crippen LogP contribution in [0.1, 0.15) is 28.5 Å². The van der Waals surface area contributed by atoms with Gasteiger partial charge in [0.05, 0.1) is 11.9 Å². The molecule has 7 nitrogen and oxygen atoms in total. The molecule has 4 aromatic rings. The molecule has 0 saturated heterocycles. The molecule has 0 bridgehead atoms. The van der Waals surface area contributed by atoms with Crippen molar-refractivity contribution in [3.05, 3.63) is 100.0 Å². The highest BCUT2D eigenvalue weighted by atomic mass is 16.6. The minimum absolute atomic E-state index is 0.221. The van der Waals surface area contributed by atoms with E-state index in [0.717, 1.165) is 11.1 Å². The van der Waals surface area contributed by atoms with E-state index in [4.69, 9.17) is 9.47 Å².